The minimum Gasteiger partial charge on any atom is -0.385 e. The summed E-state index contributed by atoms with van der Waals surface area (Å²) >= 11 is 0. The molecule has 0 spiro atoms. The topological polar surface area (TPSA) is 40.5 Å². The summed E-state index contributed by atoms with van der Waals surface area (Å²) < 4.78 is 13.4. The van der Waals surface area contributed by atoms with Gasteiger partial charge in [-0.2, -0.15) is 0 Å². The highest BCUT2D eigenvalue weighted by atomic mass is 19.1. The molecule has 0 heterocycles. The van der Waals surface area contributed by atoms with Gasteiger partial charge in [0, 0.05) is 0 Å². The lowest BCUT2D eigenvalue weighted by atomic mass is 9.77. The molecule has 0 aliphatic heterocycles. The number of hydrogen-bond acceptors (Lipinski definition) is 2. The van der Waals surface area contributed by atoms with Crippen LogP contribution in [0.1, 0.15) is 23.3 Å². The van der Waals surface area contributed by atoms with Gasteiger partial charge in [0.2, 0.25) is 0 Å². The van der Waals surface area contributed by atoms with Crippen molar-refractivity contribution in [3.05, 3.63) is 95.8 Å². The summed E-state index contributed by atoms with van der Waals surface area (Å²) in [4.78, 5) is 0. The van der Waals surface area contributed by atoms with Gasteiger partial charge in [0.15, 0.2) is 0 Å². The molecule has 27 heavy (non-hydrogen) atoms. The molecule has 2 nitrogen and oxygen atoms in total. The van der Waals surface area contributed by atoms with Crippen molar-refractivity contribution >= 4 is 10.8 Å². The molecule has 4 aromatic rings. The molecule has 0 saturated carbocycles. The maximum Gasteiger partial charge on any atom is 0.123 e. The van der Waals surface area contributed by atoms with Crippen LogP contribution in [0.4, 0.5) is 4.39 Å². The Morgan fingerprint density at radius 2 is 1.33 bits per heavy atom. The fourth-order valence-corrected chi connectivity index (χ4v) is 4.12. The smallest absolute Gasteiger partial charge is 0.123 e. The second kappa shape index (κ2) is 6.02. The fourth-order valence-electron chi connectivity index (χ4n) is 4.12. The van der Waals surface area contributed by atoms with Gasteiger partial charge >= 0.3 is 0 Å². The molecule has 5 rings (SSSR count). The van der Waals surface area contributed by atoms with Gasteiger partial charge in [0.05, 0.1) is 0 Å². The second-order valence-corrected chi connectivity index (χ2v) is 6.92. The van der Waals surface area contributed by atoms with Gasteiger partial charge in [-0.1, -0.05) is 66.7 Å². The first-order valence-electron chi connectivity index (χ1n) is 8.92. The van der Waals surface area contributed by atoms with Gasteiger partial charge in [-0.25, -0.2) is 4.39 Å². The van der Waals surface area contributed by atoms with Crippen molar-refractivity contribution in [2.45, 2.75) is 12.2 Å². The number of fused-ring (bicyclic) bond motifs is 5. The van der Waals surface area contributed by atoms with Crippen LogP contribution in [-0.4, -0.2) is 10.2 Å². The third-order valence-corrected chi connectivity index (χ3v) is 5.40. The molecule has 4 aromatic carbocycles. The molecular weight excluding hydrogens is 339 g/mol. The molecule has 0 fully saturated rings. The van der Waals surface area contributed by atoms with E-state index in [9.17, 15) is 14.6 Å². The average molecular weight is 356 g/mol. The van der Waals surface area contributed by atoms with Crippen LogP contribution in [0.15, 0.2) is 78.9 Å². The van der Waals surface area contributed by atoms with Gasteiger partial charge in [0.25, 0.3) is 0 Å². The van der Waals surface area contributed by atoms with E-state index >= 15 is 0 Å². The van der Waals surface area contributed by atoms with Gasteiger partial charge < -0.3 is 10.2 Å². The largest absolute Gasteiger partial charge is 0.385 e. The molecule has 3 heteroatoms. The van der Waals surface area contributed by atoms with Crippen LogP contribution in [0, 0.1) is 5.82 Å². The summed E-state index contributed by atoms with van der Waals surface area (Å²) in [6, 6.07) is 23.9. The predicted molar refractivity (Wildman–Crippen MR) is 105 cm³/mol. The summed E-state index contributed by atoms with van der Waals surface area (Å²) in [5, 5.41) is 23.6. The van der Waals surface area contributed by atoms with E-state index in [1.165, 1.54) is 12.1 Å². The predicted octanol–water partition coefficient (Wildman–Crippen LogP) is 5.39. The molecule has 2 N–H and O–H groups in total. The third kappa shape index (κ3) is 2.40. The molecule has 0 radical (unpaired) electrons. The number of benzene rings is 4. The quantitative estimate of drug-likeness (QED) is 0.480. The highest BCUT2D eigenvalue weighted by molar-refractivity contribution is 6.04. The van der Waals surface area contributed by atoms with E-state index in [0.717, 1.165) is 33.0 Å². The van der Waals surface area contributed by atoms with Crippen molar-refractivity contribution in [1.29, 1.82) is 0 Å². The Balaban J connectivity index is 1.90. The van der Waals surface area contributed by atoms with Crippen LogP contribution in [0.2, 0.25) is 0 Å². The molecule has 0 aromatic heterocycles. The summed E-state index contributed by atoms with van der Waals surface area (Å²) in [5.41, 5.74) is 5.01. The van der Waals surface area contributed by atoms with Crippen LogP contribution < -0.4 is 0 Å². The molecule has 0 amide bonds. The van der Waals surface area contributed by atoms with E-state index in [4.69, 9.17) is 0 Å². The Bertz CT molecular complexity index is 1160. The monoisotopic (exact) mass is 356 g/mol. The Hall–Kier alpha value is -3.01. The van der Waals surface area contributed by atoms with Crippen molar-refractivity contribution < 1.29 is 14.6 Å². The van der Waals surface area contributed by atoms with Crippen molar-refractivity contribution in [3.63, 3.8) is 0 Å². The van der Waals surface area contributed by atoms with Gasteiger partial charge in [-0.05, 0) is 56.3 Å². The van der Waals surface area contributed by atoms with E-state index in [2.05, 4.69) is 0 Å². The lowest BCUT2D eigenvalue weighted by molar-refractivity contribution is 0.0159. The minimum atomic E-state index is -1.01. The Morgan fingerprint density at radius 1 is 0.630 bits per heavy atom. The third-order valence-electron chi connectivity index (χ3n) is 5.40. The van der Waals surface area contributed by atoms with Crippen molar-refractivity contribution in [2.24, 2.45) is 0 Å². The normalized spacial score (nSPS) is 18.2. The Kier molecular flexibility index (Phi) is 3.61. The first kappa shape index (κ1) is 16.2. The molecule has 132 valence electrons. The Labute approximate surface area is 156 Å². The van der Waals surface area contributed by atoms with Crippen LogP contribution in [0.5, 0.6) is 0 Å². The molecule has 2 atom stereocenters. The summed E-state index contributed by atoms with van der Waals surface area (Å²) in [6.45, 7) is 0. The Morgan fingerprint density at radius 3 is 2.11 bits per heavy atom. The number of halogens is 1. The zero-order chi connectivity index (χ0) is 18.5. The zero-order valence-electron chi connectivity index (χ0n) is 14.4. The van der Waals surface area contributed by atoms with Crippen LogP contribution in [-0.2, 0) is 0 Å². The van der Waals surface area contributed by atoms with E-state index in [1.54, 1.807) is 12.1 Å². The fraction of sp³-hybridized carbons (Fsp3) is 0.0833. The van der Waals surface area contributed by atoms with Gasteiger partial charge in [-0.3, -0.25) is 0 Å². The molecule has 0 unspecified atom stereocenters. The molecule has 0 bridgehead atoms. The van der Waals surface area contributed by atoms with E-state index < -0.39 is 12.2 Å². The first-order chi connectivity index (χ1) is 13.1. The average Bonchev–Trinajstić information content (AvgIpc) is 2.71. The lowest BCUT2D eigenvalue weighted by Crippen LogP contribution is -2.18. The van der Waals surface area contributed by atoms with Crippen molar-refractivity contribution in [1.82, 2.24) is 0 Å². The lowest BCUT2D eigenvalue weighted by Gasteiger charge is -2.31. The van der Waals surface area contributed by atoms with Crippen molar-refractivity contribution in [2.75, 3.05) is 0 Å². The van der Waals surface area contributed by atoms with Crippen LogP contribution >= 0.6 is 0 Å². The second-order valence-electron chi connectivity index (χ2n) is 6.92. The highest BCUT2D eigenvalue weighted by Gasteiger charge is 2.33. The molecular formula is C24H17FO2. The molecule has 0 saturated heterocycles. The van der Waals surface area contributed by atoms with Crippen LogP contribution in [0.25, 0.3) is 33.0 Å². The number of hydrogen-bond donors (Lipinski definition) is 2. The van der Waals surface area contributed by atoms with Gasteiger partial charge in [-0.15, -0.1) is 0 Å². The standard InChI is InChI=1S/C24H17FO2/c25-16-11-8-15(9-12-16)18-6-3-7-19-21(18)22-17-5-2-1-4-14(17)10-13-20(22)24(27)23(19)26/h1-13,23-24,26-27H/t23-,24-/m1/s1. The SMILES string of the molecule is O[C@@H]1c2cccc(-c3ccc(F)cc3)c2-c2c(ccc3ccccc23)[C@H]1O. The highest BCUT2D eigenvalue weighted by Crippen LogP contribution is 2.50. The number of rotatable bonds is 1. The molecule has 1 aliphatic rings. The molecule has 1 aliphatic carbocycles. The number of aliphatic hydroxyl groups is 2. The maximum atomic E-state index is 13.4. The van der Waals surface area contributed by atoms with Crippen molar-refractivity contribution in [3.8, 4) is 22.3 Å². The first-order valence-corrected chi connectivity index (χ1v) is 8.92. The summed E-state index contributed by atoms with van der Waals surface area (Å²) in [5.74, 6) is -0.287. The van der Waals surface area contributed by atoms with E-state index in [-0.39, 0.29) is 5.82 Å². The maximum absolute atomic E-state index is 13.4. The van der Waals surface area contributed by atoms with Crippen LogP contribution in [0.3, 0.4) is 0 Å². The summed E-state index contributed by atoms with van der Waals surface area (Å²) in [7, 11) is 0. The summed E-state index contributed by atoms with van der Waals surface area (Å²) in [6.07, 6.45) is -1.99. The zero-order valence-corrected chi connectivity index (χ0v) is 14.4. The van der Waals surface area contributed by atoms with E-state index in [0.29, 0.717) is 11.1 Å². The van der Waals surface area contributed by atoms with E-state index in [1.807, 2.05) is 54.6 Å². The number of aliphatic hydroxyl groups excluding tert-OH is 2. The van der Waals surface area contributed by atoms with Gasteiger partial charge in [0.1, 0.15) is 18.0 Å². The minimum absolute atomic E-state index is 0.287.